The van der Waals surface area contributed by atoms with Crippen molar-refractivity contribution in [1.29, 1.82) is 0 Å². The number of benzene rings is 1. The van der Waals surface area contributed by atoms with E-state index in [4.69, 9.17) is 4.99 Å². The highest BCUT2D eigenvalue weighted by Gasteiger charge is 2.73. The topological polar surface area (TPSA) is 18.8 Å². The van der Waals surface area contributed by atoms with E-state index in [9.17, 15) is 30.7 Å². The van der Waals surface area contributed by atoms with Crippen molar-refractivity contribution < 1.29 is 30.7 Å². The largest absolute Gasteiger partial charge is 0.435 e. The predicted molar refractivity (Wildman–Crippen MR) is 113 cm³/mol. The van der Waals surface area contributed by atoms with E-state index >= 15 is 0 Å². The number of nitrogens with zero attached hydrogens (tertiary/aromatic N) is 3. The van der Waals surface area contributed by atoms with E-state index in [0.717, 1.165) is 30.4 Å². The molecule has 3 rings (SSSR count). The molecule has 2 aliphatic carbocycles. The van der Waals surface area contributed by atoms with Crippen LogP contribution < -0.4 is 0 Å². The summed E-state index contributed by atoms with van der Waals surface area (Å²) in [7, 11) is 7.63. The van der Waals surface area contributed by atoms with E-state index in [-0.39, 0.29) is 23.8 Å². The molecule has 1 aromatic carbocycles. The minimum absolute atomic E-state index is 0.00886. The number of rotatable bonds is 3. The minimum atomic E-state index is -6.10. The monoisotopic (exact) mass is 481 g/mol. The summed E-state index contributed by atoms with van der Waals surface area (Å²) in [5.74, 6) is 1.33. The molecule has 0 radical (unpaired) electrons. The van der Waals surface area contributed by atoms with Crippen LogP contribution in [0, 0.1) is 11.8 Å². The van der Waals surface area contributed by atoms with Crippen LogP contribution in [0.2, 0.25) is 0 Å². The van der Waals surface area contributed by atoms with Gasteiger partial charge >= 0.3 is 18.0 Å². The zero-order chi connectivity index (χ0) is 24.9. The molecule has 0 amide bonds. The van der Waals surface area contributed by atoms with Crippen LogP contribution in [-0.4, -0.2) is 62.3 Å². The fraction of sp³-hybridized carbons (Fsp3) is 0.696. The molecule has 1 aromatic rings. The summed E-state index contributed by atoms with van der Waals surface area (Å²) in [5, 5.41) is 0. The Kier molecular flexibility index (Phi) is 6.72. The second kappa shape index (κ2) is 8.65. The molecule has 0 spiro atoms. The van der Waals surface area contributed by atoms with E-state index in [1.807, 2.05) is 44.9 Å². The lowest BCUT2D eigenvalue weighted by Gasteiger charge is -2.35. The lowest BCUT2D eigenvalue weighted by Crippen LogP contribution is -2.50. The summed E-state index contributed by atoms with van der Waals surface area (Å²) in [4.78, 5) is 8.72. The van der Waals surface area contributed by atoms with Gasteiger partial charge in [0, 0.05) is 33.8 Å². The van der Waals surface area contributed by atoms with E-state index < -0.39 is 23.6 Å². The Morgan fingerprint density at radius 2 is 1.48 bits per heavy atom. The van der Waals surface area contributed by atoms with Crippen molar-refractivity contribution in [3.8, 4) is 0 Å². The molecular weight excluding hydrogens is 451 g/mol. The molecule has 0 N–H and O–H groups in total. The van der Waals surface area contributed by atoms with Crippen LogP contribution in [0.1, 0.15) is 48.8 Å². The van der Waals surface area contributed by atoms with Crippen molar-refractivity contribution in [3.05, 3.63) is 34.9 Å². The number of alkyl halides is 7. The SMILES string of the molecule is CC(N=C(N(C)C)N(C)C)[C@@H]1CCC2c3ccc(C(F)(C(F)(F)F)C(F)(F)F)cc3CCC21. The van der Waals surface area contributed by atoms with Crippen molar-refractivity contribution >= 4 is 5.96 Å². The third-order valence-electron chi connectivity index (χ3n) is 7.08. The summed E-state index contributed by atoms with van der Waals surface area (Å²) in [6.45, 7) is 2.04. The third kappa shape index (κ3) is 4.41. The van der Waals surface area contributed by atoms with Gasteiger partial charge in [0.05, 0.1) is 6.04 Å². The highest BCUT2D eigenvalue weighted by molar-refractivity contribution is 5.79. The van der Waals surface area contributed by atoms with Gasteiger partial charge in [0.1, 0.15) is 0 Å². The minimum Gasteiger partial charge on any atom is -0.349 e. The molecule has 1 saturated carbocycles. The molecule has 3 nitrogen and oxygen atoms in total. The van der Waals surface area contributed by atoms with E-state index in [1.54, 1.807) is 0 Å². The van der Waals surface area contributed by atoms with Crippen LogP contribution in [0.3, 0.4) is 0 Å². The van der Waals surface area contributed by atoms with Crippen molar-refractivity contribution in [1.82, 2.24) is 9.80 Å². The summed E-state index contributed by atoms with van der Waals surface area (Å²) < 4.78 is 93.6. The summed E-state index contributed by atoms with van der Waals surface area (Å²) in [6.07, 6.45) is -9.61. The maximum Gasteiger partial charge on any atom is 0.435 e. The molecule has 0 heterocycles. The summed E-state index contributed by atoms with van der Waals surface area (Å²) >= 11 is 0. The number of hydrogen-bond donors (Lipinski definition) is 0. The molecule has 3 unspecified atom stereocenters. The molecule has 0 aromatic heterocycles. The summed E-state index contributed by atoms with van der Waals surface area (Å²) in [6, 6.07) is 2.72. The number of aliphatic imine (C=N–C) groups is 1. The number of fused-ring (bicyclic) bond motifs is 3. The Labute approximate surface area is 189 Å². The Morgan fingerprint density at radius 3 is 2.00 bits per heavy atom. The van der Waals surface area contributed by atoms with Crippen LogP contribution in [0.25, 0.3) is 0 Å². The normalized spacial score (nSPS) is 24.1. The highest BCUT2D eigenvalue weighted by atomic mass is 19.4. The molecular formula is C23H30F7N3. The number of guanidine groups is 1. The maximum atomic E-state index is 14.5. The fourth-order valence-electron chi connectivity index (χ4n) is 5.62. The average molecular weight is 482 g/mol. The third-order valence-corrected chi connectivity index (χ3v) is 7.08. The van der Waals surface area contributed by atoms with Crippen molar-refractivity contribution in [2.45, 2.75) is 62.6 Å². The van der Waals surface area contributed by atoms with Gasteiger partial charge in [0.25, 0.3) is 0 Å². The molecule has 0 bridgehead atoms. The van der Waals surface area contributed by atoms with Gasteiger partial charge in [-0.05, 0) is 61.5 Å². The Morgan fingerprint density at radius 1 is 0.909 bits per heavy atom. The van der Waals surface area contributed by atoms with Crippen LogP contribution in [0.15, 0.2) is 23.2 Å². The second-order valence-electron chi connectivity index (χ2n) is 9.58. The molecule has 1 fully saturated rings. The van der Waals surface area contributed by atoms with Gasteiger partial charge in [-0.25, -0.2) is 9.38 Å². The van der Waals surface area contributed by atoms with Crippen molar-refractivity contribution in [2.75, 3.05) is 28.2 Å². The number of halogens is 7. The van der Waals surface area contributed by atoms with Crippen LogP contribution >= 0.6 is 0 Å². The Balaban J connectivity index is 1.91. The number of hydrogen-bond acceptors (Lipinski definition) is 1. The van der Waals surface area contributed by atoms with Gasteiger partial charge in [-0.2, -0.15) is 26.3 Å². The summed E-state index contributed by atoms with van der Waals surface area (Å²) in [5.41, 5.74) is -5.67. The van der Waals surface area contributed by atoms with E-state index in [0.29, 0.717) is 24.5 Å². The molecule has 0 saturated heterocycles. The quantitative estimate of drug-likeness (QED) is 0.304. The molecule has 0 aliphatic heterocycles. The van der Waals surface area contributed by atoms with Gasteiger partial charge in [-0.1, -0.05) is 18.2 Å². The first-order valence-electron chi connectivity index (χ1n) is 11.0. The van der Waals surface area contributed by atoms with Crippen molar-refractivity contribution in [3.63, 3.8) is 0 Å². The van der Waals surface area contributed by atoms with Gasteiger partial charge in [-0.15, -0.1) is 0 Å². The van der Waals surface area contributed by atoms with Gasteiger partial charge in [-0.3, -0.25) is 0 Å². The first kappa shape index (κ1) is 25.6. The van der Waals surface area contributed by atoms with Crippen molar-refractivity contribution in [2.24, 2.45) is 16.8 Å². The standard InChI is InChI=1S/C23H30F7N3/c1-13(31-20(32(2)3)33(4)5)16-10-11-19-17-9-7-15(12-14(17)6-8-18(16)19)21(24,22(25,26)27)23(28,29)30/h7,9,12-13,16,18-19H,6,8,10-11H2,1-5H3/t13?,16-,18?,19?/m0/s1. The van der Waals surface area contributed by atoms with E-state index in [1.165, 1.54) is 6.07 Å². The molecule has 2 aliphatic rings. The smallest absolute Gasteiger partial charge is 0.349 e. The van der Waals surface area contributed by atoms with E-state index in [2.05, 4.69) is 0 Å². The Hall–Kier alpha value is -2.00. The fourth-order valence-corrected chi connectivity index (χ4v) is 5.62. The van der Waals surface area contributed by atoms with Gasteiger partial charge in [0.15, 0.2) is 5.96 Å². The zero-order valence-corrected chi connectivity index (χ0v) is 19.4. The highest BCUT2D eigenvalue weighted by Crippen LogP contribution is 2.55. The van der Waals surface area contributed by atoms with Gasteiger partial charge in [0.2, 0.25) is 0 Å². The second-order valence-corrected chi connectivity index (χ2v) is 9.58. The molecule has 10 heteroatoms. The zero-order valence-electron chi connectivity index (χ0n) is 19.4. The number of aryl methyl sites for hydroxylation is 1. The lowest BCUT2D eigenvalue weighted by atomic mass is 9.72. The van der Waals surface area contributed by atoms with Crippen LogP contribution in [0.5, 0.6) is 0 Å². The molecule has 33 heavy (non-hydrogen) atoms. The first-order valence-corrected chi connectivity index (χ1v) is 11.0. The van der Waals surface area contributed by atoms with Gasteiger partial charge < -0.3 is 9.80 Å². The maximum absolute atomic E-state index is 14.5. The molecule has 186 valence electrons. The predicted octanol–water partition coefficient (Wildman–Crippen LogP) is 5.90. The molecule has 4 atom stereocenters. The average Bonchev–Trinajstić information content (AvgIpc) is 3.13. The lowest BCUT2D eigenvalue weighted by molar-refractivity contribution is -0.348. The first-order chi connectivity index (χ1) is 15.1. The Bertz CT molecular complexity index is 865. The van der Waals surface area contributed by atoms with Crippen LogP contribution in [0.4, 0.5) is 30.7 Å². The van der Waals surface area contributed by atoms with Crippen LogP contribution in [-0.2, 0) is 12.1 Å².